The maximum absolute atomic E-state index is 11.7. The molecule has 0 aromatic carbocycles. The minimum atomic E-state index is -0.682. The van der Waals surface area contributed by atoms with Crippen LogP contribution in [0, 0.1) is 0 Å². The predicted molar refractivity (Wildman–Crippen MR) is 70.8 cm³/mol. The first-order valence-corrected chi connectivity index (χ1v) is 5.89. The number of methoxy groups -OCH3 is 1. The number of primary amides is 1. The number of amides is 2. The third-order valence-corrected chi connectivity index (χ3v) is 2.51. The number of aromatic nitrogens is 1. The predicted octanol–water partition coefficient (Wildman–Crippen LogP) is 0.255. The summed E-state index contributed by atoms with van der Waals surface area (Å²) in [5, 5.41) is 2.58. The van der Waals surface area contributed by atoms with Gasteiger partial charge in [0.15, 0.2) is 0 Å². The summed E-state index contributed by atoms with van der Waals surface area (Å²) >= 11 is 0. The largest absolute Gasteiger partial charge is 0.480 e. The number of pyridine rings is 1. The molecule has 1 aromatic heterocycles. The van der Waals surface area contributed by atoms with E-state index in [2.05, 4.69) is 10.3 Å². The first-order valence-electron chi connectivity index (χ1n) is 5.89. The average Bonchev–Trinajstić information content (AvgIpc) is 2.38. The van der Waals surface area contributed by atoms with Crippen LogP contribution < -0.4 is 21.5 Å². The van der Waals surface area contributed by atoms with Gasteiger partial charge in [-0.3, -0.25) is 9.59 Å². The molecule has 0 saturated heterocycles. The molecule has 0 spiro atoms. The Morgan fingerprint density at radius 3 is 2.74 bits per heavy atom. The Kier molecular flexibility index (Phi) is 5.25. The quantitative estimate of drug-likeness (QED) is 0.681. The molecule has 1 atom stereocenters. The lowest BCUT2D eigenvalue weighted by molar-refractivity contribution is -0.117. The number of ether oxygens (including phenoxy) is 1. The Morgan fingerprint density at radius 1 is 1.53 bits per heavy atom. The van der Waals surface area contributed by atoms with Crippen LogP contribution in [0.25, 0.3) is 0 Å². The van der Waals surface area contributed by atoms with Crippen molar-refractivity contribution in [1.29, 1.82) is 0 Å². The van der Waals surface area contributed by atoms with Crippen LogP contribution in [0.1, 0.15) is 30.1 Å². The zero-order valence-electron chi connectivity index (χ0n) is 11.0. The van der Waals surface area contributed by atoms with Crippen molar-refractivity contribution in [3.8, 4) is 5.88 Å². The van der Waals surface area contributed by atoms with Gasteiger partial charge in [-0.1, -0.05) is 13.3 Å². The number of anilines is 1. The summed E-state index contributed by atoms with van der Waals surface area (Å²) in [5.74, 6) is -0.897. The molecule has 7 heteroatoms. The number of rotatable bonds is 6. The van der Waals surface area contributed by atoms with Crippen molar-refractivity contribution >= 4 is 17.5 Å². The summed E-state index contributed by atoms with van der Waals surface area (Å²) in [6.07, 6.45) is 2.77. The molecular weight excluding hydrogens is 248 g/mol. The van der Waals surface area contributed by atoms with E-state index in [0.717, 1.165) is 6.42 Å². The third-order valence-electron chi connectivity index (χ3n) is 2.51. The number of nitrogens with two attached hydrogens (primary N) is 2. The molecule has 0 aliphatic carbocycles. The van der Waals surface area contributed by atoms with E-state index in [0.29, 0.717) is 12.1 Å². The second-order valence-electron chi connectivity index (χ2n) is 4.03. The fraction of sp³-hybridized carbons (Fsp3) is 0.417. The van der Waals surface area contributed by atoms with Crippen LogP contribution in [0.15, 0.2) is 12.3 Å². The van der Waals surface area contributed by atoms with Crippen molar-refractivity contribution in [3.63, 3.8) is 0 Å². The van der Waals surface area contributed by atoms with Crippen molar-refractivity contribution in [1.82, 2.24) is 4.98 Å². The monoisotopic (exact) mass is 266 g/mol. The van der Waals surface area contributed by atoms with Gasteiger partial charge in [0.05, 0.1) is 25.0 Å². The number of nitrogens with one attached hydrogen (secondary N) is 1. The Morgan fingerprint density at radius 2 is 2.21 bits per heavy atom. The van der Waals surface area contributed by atoms with E-state index in [1.807, 2.05) is 6.92 Å². The Hall–Kier alpha value is -2.15. The molecule has 2 amide bonds. The number of carbonyl (C=O) groups excluding carboxylic acids is 2. The van der Waals surface area contributed by atoms with Gasteiger partial charge in [-0.2, -0.15) is 0 Å². The molecule has 0 radical (unpaired) electrons. The van der Waals surface area contributed by atoms with Crippen molar-refractivity contribution in [3.05, 3.63) is 17.8 Å². The Balaban J connectivity index is 2.88. The van der Waals surface area contributed by atoms with E-state index < -0.39 is 11.9 Å². The molecule has 0 aliphatic heterocycles. The molecule has 1 heterocycles. The molecule has 7 nitrogen and oxygen atoms in total. The van der Waals surface area contributed by atoms with Gasteiger partial charge in [0.2, 0.25) is 11.8 Å². The van der Waals surface area contributed by atoms with Gasteiger partial charge in [0.1, 0.15) is 5.56 Å². The lowest BCUT2D eigenvalue weighted by atomic mass is 10.1. The van der Waals surface area contributed by atoms with E-state index in [-0.39, 0.29) is 17.4 Å². The second kappa shape index (κ2) is 6.69. The van der Waals surface area contributed by atoms with Gasteiger partial charge in [-0.15, -0.1) is 0 Å². The third kappa shape index (κ3) is 3.92. The molecule has 0 fully saturated rings. The number of carbonyl (C=O) groups is 2. The molecular formula is C12H18N4O3. The zero-order chi connectivity index (χ0) is 14.4. The van der Waals surface area contributed by atoms with Crippen LogP contribution in [0.5, 0.6) is 5.88 Å². The van der Waals surface area contributed by atoms with E-state index in [4.69, 9.17) is 16.2 Å². The first-order chi connectivity index (χ1) is 8.99. The highest BCUT2D eigenvalue weighted by atomic mass is 16.5. The van der Waals surface area contributed by atoms with E-state index in [9.17, 15) is 9.59 Å². The van der Waals surface area contributed by atoms with Gasteiger partial charge in [-0.05, 0) is 12.5 Å². The Labute approximate surface area is 111 Å². The maximum Gasteiger partial charge on any atom is 0.254 e. The van der Waals surface area contributed by atoms with Gasteiger partial charge >= 0.3 is 0 Å². The minimum absolute atomic E-state index is 0.101. The summed E-state index contributed by atoms with van der Waals surface area (Å²) in [6, 6.07) is 0.814. The topological polar surface area (TPSA) is 120 Å². The van der Waals surface area contributed by atoms with Crippen LogP contribution in [-0.2, 0) is 4.79 Å². The molecule has 1 aromatic rings. The van der Waals surface area contributed by atoms with Crippen molar-refractivity contribution in [2.45, 2.75) is 25.8 Å². The van der Waals surface area contributed by atoms with Crippen molar-refractivity contribution in [2.75, 3.05) is 12.4 Å². The van der Waals surface area contributed by atoms with E-state index in [1.54, 1.807) is 0 Å². The number of hydrogen-bond donors (Lipinski definition) is 3. The summed E-state index contributed by atoms with van der Waals surface area (Å²) in [6.45, 7) is 1.94. The minimum Gasteiger partial charge on any atom is -0.480 e. The molecule has 19 heavy (non-hydrogen) atoms. The summed E-state index contributed by atoms with van der Waals surface area (Å²) in [5.41, 5.74) is 11.3. The van der Waals surface area contributed by atoms with Crippen LogP contribution in [0.3, 0.4) is 0 Å². The molecule has 1 rings (SSSR count). The van der Waals surface area contributed by atoms with Crippen LogP contribution in [0.4, 0.5) is 5.69 Å². The van der Waals surface area contributed by atoms with Gasteiger partial charge in [-0.25, -0.2) is 4.98 Å². The van der Waals surface area contributed by atoms with Gasteiger partial charge < -0.3 is 21.5 Å². The zero-order valence-corrected chi connectivity index (χ0v) is 11.0. The highest BCUT2D eigenvalue weighted by molar-refractivity contribution is 5.98. The van der Waals surface area contributed by atoms with E-state index >= 15 is 0 Å². The highest BCUT2D eigenvalue weighted by Gasteiger charge is 2.15. The normalized spacial score (nSPS) is 11.7. The summed E-state index contributed by atoms with van der Waals surface area (Å²) in [4.78, 5) is 26.8. The average molecular weight is 266 g/mol. The fourth-order valence-electron chi connectivity index (χ4n) is 1.54. The fourth-order valence-corrected chi connectivity index (χ4v) is 1.54. The van der Waals surface area contributed by atoms with Crippen LogP contribution in [-0.4, -0.2) is 29.9 Å². The van der Waals surface area contributed by atoms with Gasteiger partial charge in [0.25, 0.3) is 5.91 Å². The first kappa shape index (κ1) is 14.9. The standard InChI is InChI=1S/C12H18N4O3/c1-3-4-9(13)11(18)16-7-5-8(10(14)17)12(19-2)15-6-7/h5-6,9H,3-4,13H2,1-2H3,(H2,14,17)(H,16,18). The maximum atomic E-state index is 11.7. The molecule has 104 valence electrons. The summed E-state index contributed by atoms with van der Waals surface area (Å²) < 4.78 is 4.90. The van der Waals surface area contributed by atoms with Crippen molar-refractivity contribution < 1.29 is 14.3 Å². The second-order valence-corrected chi connectivity index (χ2v) is 4.03. The molecule has 0 saturated carbocycles. The molecule has 0 aliphatic rings. The summed E-state index contributed by atoms with van der Waals surface area (Å²) in [7, 11) is 1.38. The van der Waals surface area contributed by atoms with Crippen molar-refractivity contribution in [2.24, 2.45) is 11.5 Å². The Bertz CT molecular complexity index is 476. The molecule has 5 N–H and O–H groups in total. The smallest absolute Gasteiger partial charge is 0.254 e. The van der Waals surface area contributed by atoms with Gasteiger partial charge in [0, 0.05) is 0 Å². The van der Waals surface area contributed by atoms with Crippen LogP contribution >= 0.6 is 0 Å². The van der Waals surface area contributed by atoms with Crippen LogP contribution in [0.2, 0.25) is 0 Å². The molecule has 0 bridgehead atoms. The SMILES string of the molecule is CCCC(N)C(=O)Nc1cnc(OC)c(C(N)=O)c1. The highest BCUT2D eigenvalue weighted by Crippen LogP contribution is 2.18. The lowest BCUT2D eigenvalue weighted by Gasteiger charge is -2.12. The van der Waals surface area contributed by atoms with E-state index in [1.165, 1.54) is 19.4 Å². The number of nitrogens with zero attached hydrogens (tertiary/aromatic N) is 1. The lowest BCUT2D eigenvalue weighted by Crippen LogP contribution is -2.35. The molecule has 1 unspecified atom stereocenters. The number of hydrogen-bond acceptors (Lipinski definition) is 5.